The zero-order chi connectivity index (χ0) is 11.8. The van der Waals surface area contributed by atoms with Gasteiger partial charge in [-0.15, -0.1) is 0 Å². The summed E-state index contributed by atoms with van der Waals surface area (Å²) in [6.45, 7) is 2.41. The molecular weight excluding hydrogens is 300 g/mol. The smallest absolute Gasteiger partial charge is 0.0593 e. The molecule has 1 saturated carbocycles. The quantitative estimate of drug-likeness (QED) is 0.914. The molecule has 1 aliphatic heterocycles. The standard InChI is InChI=1S/C13H16BrClN2/c14-13-11(15)2-1-3-12(13)16-9-6-7-17(8-9)10-4-5-10/h1-3,9-10,16H,4-8H2. The van der Waals surface area contributed by atoms with E-state index in [2.05, 4.69) is 32.2 Å². The van der Waals surface area contributed by atoms with Crippen LogP contribution in [0.15, 0.2) is 22.7 Å². The summed E-state index contributed by atoms with van der Waals surface area (Å²) in [5.74, 6) is 0. The van der Waals surface area contributed by atoms with E-state index in [4.69, 9.17) is 11.6 Å². The normalized spacial score (nSPS) is 25.2. The fraction of sp³-hybridized carbons (Fsp3) is 0.538. The molecule has 1 aliphatic carbocycles. The maximum absolute atomic E-state index is 6.09. The van der Waals surface area contributed by atoms with Gasteiger partial charge in [-0.25, -0.2) is 0 Å². The molecule has 0 amide bonds. The molecule has 17 heavy (non-hydrogen) atoms. The van der Waals surface area contributed by atoms with Crippen LogP contribution in [0.25, 0.3) is 0 Å². The van der Waals surface area contributed by atoms with Gasteiger partial charge in [0.05, 0.1) is 15.2 Å². The van der Waals surface area contributed by atoms with Crippen LogP contribution in [0, 0.1) is 0 Å². The molecule has 2 nitrogen and oxygen atoms in total. The molecule has 0 aromatic heterocycles. The summed E-state index contributed by atoms with van der Waals surface area (Å²) in [5, 5.41) is 4.36. The molecule has 1 heterocycles. The Morgan fingerprint density at radius 3 is 2.88 bits per heavy atom. The third-order valence-electron chi connectivity index (χ3n) is 3.59. The zero-order valence-corrected chi connectivity index (χ0v) is 12.0. The highest BCUT2D eigenvalue weighted by Crippen LogP contribution is 2.33. The van der Waals surface area contributed by atoms with E-state index in [1.807, 2.05) is 12.1 Å². The lowest BCUT2D eigenvalue weighted by Crippen LogP contribution is -2.27. The van der Waals surface area contributed by atoms with Crippen molar-refractivity contribution < 1.29 is 0 Å². The molecule has 4 heteroatoms. The molecule has 1 N–H and O–H groups in total. The monoisotopic (exact) mass is 314 g/mol. The molecule has 3 rings (SSSR count). The minimum Gasteiger partial charge on any atom is -0.380 e. The fourth-order valence-corrected chi connectivity index (χ4v) is 3.06. The molecule has 0 radical (unpaired) electrons. The maximum Gasteiger partial charge on any atom is 0.0593 e. The van der Waals surface area contributed by atoms with Crippen molar-refractivity contribution in [2.75, 3.05) is 18.4 Å². The lowest BCUT2D eigenvalue weighted by atomic mass is 10.2. The van der Waals surface area contributed by atoms with Gasteiger partial charge >= 0.3 is 0 Å². The molecule has 1 aromatic carbocycles. The van der Waals surface area contributed by atoms with Crippen molar-refractivity contribution in [2.24, 2.45) is 0 Å². The Bertz CT molecular complexity index is 420. The second-order valence-corrected chi connectivity index (χ2v) is 6.16. The molecule has 0 spiro atoms. The number of anilines is 1. The second-order valence-electron chi connectivity index (χ2n) is 4.96. The average Bonchev–Trinajstić information content (AvgIpc) is 3.06. The number of nitrogens with zero attached hydrogens (tertiary/aromatic N) is 1. The van der Waals surface area contributed by atoms with Crippen molar-refractivity contribution in [1.29, 1.82) is 0 Å². The van der Waals surface area contributed by atoms with Crippen molar-refractivity contribution >= 4 is 33.2 Å². The molecule has 1 unspecified atom stereocenters. The fourth-order valence-electron chi connectivity index (χ4n) is 2.51. The van der Waals surface area contributed by atoms with Gasteiger partial charge in [-0.2, -0.15) is 0 Å². The molecule has 1 atom stereocenters. The highest BCUT2D eigenvalue weighted by molar-refractivity contribution is 9.10. The second kappa shape index (κ2) is 4.79. The number of likely N-dealkylation sites (tertiary alicyclic amines) is 1. The number of benzene rings is 1. The van der Waals surface area contributed by atoms with Gasteiger partial charge in [0.1, 0.15) is 0 Å². The lowest BCUT2D eigenvalue weighted by molar-refractivity contribution is 0.326. The van der Waals surface area contributed by atoms with Gasteiger partial charge in [-0.05, 0) is 47.3 Å². The summed E-state index contributed by atoms with van der Waals surface area (Å²) < 4.78 is 0.978. The van der Waals surface area contributed by atoms with Crippen LogP contribution in [0.5, 0.6) is 0 Å². The van der Waals surface area contributed by atoms with Crippen LogP contribution in [-0.4, -0.2) is 30.1 Å². The van der Waals surface area contributed by atoms with Crippen LogP contribution < -0.4 is 5.32 Å². The molecule has 92 valence electrons. The molecule has 2 aliphatic rings. The van der Waals surface area contributed by atoms with Crippen molar-refractivity contribution in [3.8, 4) is 0 Å². The first kappa shape index (κ1) is 11.8. The van der Waals surface area contributed by atoms with Gasteiger partial charge in [0.2, 0.25) is 0 Å². The average molecular weight is 316 g/mol. The number of hydrogen-bond donors (Lipinski definition) is 1. The van der Waals surface area contributed by atoms with Gasteiger partial charge in [0, 0.05) is 25.2 Å². The maximum atomic E-state index is 6.09. The van der Waals surface area contributed by atoms with E-state index in [1.54, 1.807) is 0 Å². The number of halogens is 2. The van der Waals surface area contributed by atoms with Crippen LogP contribution in [0.1, 0.15) is 19.3 Å². The Labute approximate surface area is 115 Å². The summed E-state index contributed by atoms with van der Waals surface area (Å²) in [4.78, 5) is 2.61. The van der Waals surface area contributed by atoms with E-state index in [9.17, 15) is 0 Å². The summed E-state index contributed by atoms with van der Waals surface area (Å²) >= 11 is 9.63. The Morgan fingerprint density at radius 1 is 1.29 bits per heavy atom. The summed E-state index contributed by atoms with van der Waals surface area (Å²) in [6, 6.07) is 7.41. The van der Waals surface area contributed by atoms with Crippen molar-refractivity contribution in [1.82, 2.24) is 4.90 Å². The van der Waals surface area contributed by atoms with Crippen molar-refractivity contribution in [2.45, 2.75) is 31.3 Å². The SMILES string of the molecule is Clc1cccc(NC2CCN(C3CC3)C2)c1Br. The Hall–Kier alpha value is -0.250. The minimum absolute atomic E-state index is 0.561. The van der Waals surface area contributed by atoms with Crippen LogP contribution in [0.2, 0.25) is 5.02 Å². The molecule has 0 bridgehead atoms. The Kier molecular flexibility index (Phi) is 3.33. The van der Waals surface area contributed by atoms with E-state index < -0.39 is 0 Å². The summed E-state index contributed by atoms with van der Waals surface area (Å²) in [5.41, 5.74) is 1.11. The highest BCUT2D eigenvalue weighted by atomic mass is 79.9. The van der Waals surface area contributed by atoms with Crippen LogP contribution in [0.3, 0.4) is 0 Å². The number of nitrogens with one attached hydrogen (secondary N) is 1. The molecule has 1 aromatic rings. The van der Waals surface area contributed by atoms with E-state index >= 15 is 0 Å². The number of rotatable bonds is 3. The predicted octanol–water partition coefficient (Wildman–Crippen LogP) is 3.75. The van der Waals surface area contributed by atoms with Crippen LogP contribution in [-0.2, 0) is 0 Å². The first-order valence-electron chi connectivity index (χ1n) is 6.18. The van der Waals surface area contributed by atoms with Gasteiger partial charge in [-0.1, -0.05) is 17.7 Å². The molecule has 1 saturated heterocycles. The van der Waals surface area contributed by atoms with Gasteiger partial charge in [-0.3, -0.25) is 4.90 Å². The third kappa shape index (κ3) is 2.61. The zero-order valence-electron chi connectivity index (χ0n) is 9.63. The van der Waals surface area contributed by atoms with Gasteiger partial charge < -0.3 is 5.32 Å². The predicted molar refractivity (Wildman–Crippen MR) is 75.8 cm³/mol. The van der Waals surface area contributed by atoms with Crippen molar-refractivity contribution in [3.63, 3.8) is 0 Å². The van der Waals surface area contributed by atoms with Gasteiger partial charge in [0.15, 0.2) is 0 Å². The van der Waals surface area contributed by atoms with E-state index in [1.165, 1.54) is 32.4 Å². The highest BCUT2D eigenvalue weighted by Gasteiger charge is 2.34. The Morgan fingerprint density at radius 2 is 2.12 bits per heavy atom. The van der Waals surface area contributed by atoms with Crippen molar-refractivity contribution in [3.05, 3.63) is 27.7 Å². The number of hydrogen-bond acceptors (Lipinski definition) is 2. The van der Waals surface area contributed by atoms with Gasteiger partial charge in [0.25, 0.3) is 0 Å². The first-order chi connectivity index (χ1) is 8.24. The van der Waals surface area contributed by atoms with E-state index in [0.717, 1.165) is 21.2 Å². The molecule has 2 fully saturated rings. The first-order valence-corrected chi connectivity index (χ1v) is 7.36. The van der Waals surface area contributed by atoms with Crippen LogP contribution in [0.4, 0.5) is 5.69 Å². The van der Waals surface area contributed by atoms with E-state index in [-0.39, 0.29) is 0 Å². The van der Waals surface area contributed by atoms with Crippen LogP contribution >= 0.6 is 27.5 Å². The topological polar surface area (TPSA) is 15.3 Å². The summed E-state index contributed by atoms with van der Waals surface area (Å²) in [7, 11) is 0. The third-order valence-corrected chi connectivity index (χ3v) is 4.99. The minimum atomic E-state index is 0.561. The summed E-state index contributed by atoms with van der Waals surface area (Å²) in [6.07, 6.45) is 4.02. The lowest BCUT2D eigenvalue weighted by Gasteiger charge is -2.17. The van der Waals surface area contributed by atoms with E-state index in [0.29, 0.717) is 6.04 Å². The molecular formula is C13H16BrClN2. The Balaban J connectivity index is 1.65. The largest absolute Gasteiger partial charge is 0.380 e.